The molecule has 0 bridgehead atoms. The molecule has 0 N–H and O–H groups in total. The van der Waals surface area contributed by atoms with Gasteiger partial charge in [0.15, 0.2) is 11.6 Å². The predicted molar refractivity (Wildman–Crippen MR) is 240 cm³/mol. The molecule has 0 radical (unpaired) electrons. The third-order valence-corrected chi connectivity index (χ3v) is 12.2. The molecule has 6 heteroatoms. The second-order valence-electron chi connectivity index (χ2n) is 15.8. The summed E-state index contributed by atoms with van der Waals surface area (Å²) in [6, 6.07) is 62.1. The van der Waals surface area contributed by atoms with Gasteiger partial charge in [-0.2, -0.15) is 9.97 Å². The van der Waals surface area contributed by atoms with Crippen LogP contribution in [0, 0.1) is 0 Å². The first kappa shape index (κ1) is 33.4. The van der Waals surface area contributed by atoms with Gasteiger partial charge in [0, 0.05) is 44.3 Å². The van der Waals surface area contributed by atoms with Gasteiger partial charge < -0.3 is 0 Å². The maximum atomic E-state index is 5.42. The molecule has 278 valence electrons. The Kier molecular flexibility index (Phi) is 7.17. The van der Waals surface area contributed by atoms with Crippen LogP contribution < -0.4 is 0 Å². The van der Waals surface area contributed by atoms with Gasteiger partial charge in [-0.15, -0.1) is 0 Å². The van der Waals surface area contributed by atoms with Crippen molar-refractivity contribution in [1.29, 1.82) is 0 Å². The van der Waals surface area contributed by atoms with Crippen LogP contribution in [0.2, 0.25) is 0 Å². The molecule has 0 unspecified atom stereocenters. The fourth-order valence-electron chi connectivity index (χ4n) is 9.73. The maximum absolute atomic E-state index is 5.42. The van der Waals surface area contributed by atoms with Gasteiger partial charge in [0.1, 0.15) is 5.65 Å². The van der Waals surface area contributed by atoms with Crippen LogP contribution in [-0.2, 0) is 5.41 Å². The fraction of sp³-hybridized carbons (Fsp3) is 0.0566. The van der Waals surface area contributed by atoms with Crippen molar-refractivity contribution in [3.05, 3.63) is 193 Å². The molecule has 0 saturated heterocycles. The maximum Gasteiger partial charge on any atom is 0.238 e. The van der Waals surface area contributed by atoms with E-state index in [2.05, 4.69) is 175 Å². The Morgan fingerprint density at radius 3 is 1.86 bits per heavy atom. The van der Waals surface area contributed by atoms with Crippen LogP contribution in [0.1, 0.15) is 25.0 Å². The second kappa shape index (κ2) is 12.7. The smallest absolute Gasteiger partial charge is 0.238 e. The third-order valence-electron chi connectivity index (χ3n) is 12.2. The van der Waals surface area contributed by atoms with Gasteiger partial charge in [-0.1, -0.05) is 147 Å². The standard InChI is InChI=1S/C53H36N6/c1-53(2)42-27-10-6-19-34(42)37-24-14-25-38(48(37)53)36-23-15-31-46-47(36)40-21-8-12-29-44(40)59(46)52-56-49(33-17-4-3-5-18-33)55-50(57-52)41-22-9-13-30-45(41)58-43-28-11-7-20-35(43)39-26-16-32-54-51(39)58/h3-32H,1-2H3. The average Bonchev–Trinajstić information content (AvgIpc) is 3.90. The van der Waals surface area contributed by atoms with E-state index in [1.165, 1.54) is 38.8 Å². The monoisotopic (exact) mass is 756 g/mol. The highest BCUT2D eigenvalue weighted by atomic mass is 15.2. The van der Waals surface area contributed by atoms with E-state index in [9.17, 15) is 0 Å². The van der Waals surface area contributed by atoms with Crippen LogP contribution in [0.3, 0.4) is 0 Å². The molecule has 0 aliphatic heterocycles. The first-order valence-corrected chi connectivity index (χ1v) is 20.1. The Balaban J connectivity index is 1.13. The lowest BCUT2D eigenvalue weighted by atomic mass is 9.78. The summed E-state index contributed by atoms with van der Waals surface area (Å²) in [5, 5.41) is 4.55. The Morgan fingerprint density at radius 2 is 1.02 bits per heavy atom. The highest BCUT2D eigenvalue weighted by Crippen LogP contribution is 2.53. The van der Waals surface area contributed by atoms with Crippen molar-refractivity contribution in [1.82, 2.24) is 29.1 Å². The zero-order valence-electron chi connectivity index (χ0n) is 32.5. The minimum Gasteiger partial charge on any atom is -0.293 e. The van der Waals surface area contributed by atoms with Crippen LogP contribution in [0.5, 0.6) is 0 Å². The lowest BCUT2D eigenvalue weighted by Crippen LogP contribution is -2.16. The number of nitrogens with zero attached hydrogens (tertiary/aromatic N) is 6. The minimum atomic E-state index is -0.171. The Morgan fingerprint density at radius 1 is 0.424 bits per heavy atom. The van der Waals surface area contributed by atoms with E-state index in [-0.39, 0.29) is 5.41 Å². The Bertz CT molecular complexity index is 3430. The Labute approximate surface area is 340 Å². The summed E-state index contributed by atoms with van der Waals surface area (Å²) in [7, 11) is 0. The molecule has 1 aliphatic rings. The van der Waals surface area contributed by atoms with Crippen molar-refractivity contribution in [3.63, 3.8) is 0 Å². The number of benzene rings is 7. The molecule has 4 aromatic heterocycles. The molecular formula is C53H36N6. The van der Waals surface area contributed by atoms with E-state index in [0.29, 0.717) is 17.6 Å². The molecule has 0 spiro atoms. The second-order valence-corrected chi connectivity index (χ2v) is 15.8. The van der Waals surface area contributed by atoms with Crippen molar-refractivity contribution in [2.24, 2.45) is 0 Å². The van der Waals surface area contributed by atoms with Gasteiger partial charge in [0.25, 0.3) is 0 Å². The van der Waals surface area contributed by atoms with Gasteiger partial charge in [-0.3, -0.25) is 9.13 Å². The quantitative estimate of drug-likeness (QED) is 0.175. The molecular weight excluding hydrogens is 721 g/mol. The number of fused-ring (bicyclic) bond motifs is 9. The first-order chi connectivity index (χ1) is 29.1. The third kappa shape index (κ3) is 4.87. The van der Waals surface area contributed by atoms with Gasteiger partial charge in [0.2, 0.25) is 5.95 Å². The SMILES string of the molecule is CC1(C)c2ccccc2-c2cccc(-c3cccc4c3c3ccccc3n4-c3nc(-c4ccccc4)nc(-c4ccccc4-n4c5ccccc5c5cccnc54)n3)c21. The van der Waals surface area contributed by atoms with Gasteiger partial charge in [-0.25, -0.2) is 9.97 Å². The zero-order valence-corrected chi connectivity index (χ0v) is 32.5. The van der Waals surface area contributed by atoms with Crippen molar-refractivity contribution in [2.45, 2.75) is 19.3 Å². The summed E-state index contributed by atoms with van der Waals surface area (Å²) in [6.45, 7) is 4.71. The molecule has 0 atom stereocenters. The fourth-order valence-corrected chi connectivity index (χ4v) is 9.73. The molecule has 59 heavy (non-hydrogen) atoms. The lowest BCUT2D eigenvalue weighted by Gasteiger charge is -2.25. The van der Waals surface area contributed by atoms with Crippen LogP contribution >= 0.6 is 0 Å². The number of para-hydroxylation sites is 3. The number of hydrogen-bond acceptors (Lipinski definition) is 4. The van der Waals surface area contributed by atoms with Gasteiger partial charge in [-0.05, 0) is 75.8 Å². The zero-order chi connectivity index (χ0) is 39.2. The van der Waals surface area contributed by atoms with E-state index >= 15 is 0 Å². The largest absolute Gasteiger partial charge is 0.293 e. The predicted octanol–water partition coefficient (Wildman–Crippen LogP) is 12.8. The Hall–Kier alpha value is -7.70. The van der Waals surface area contributed by atoms with Crippen molar-refractivity contribution in [3.8, 4) is 56.7 Å². The molecule has 12 rings (SSSR count). The summed E-state index contributed by atoms with van der Waals surface area (Å²) < 4.78 is 4.45. The van der Waals surface area contributed by atoms with Crippen molar-refractivity contribution in [2.75, 3.05) is 0 Å². The normalized spacial score (nSPS) is 13.1. The molecule has 4 heterocycles. The average molecular weight is 757 g/mol. The van der Waals surface area contributed by atoms with Crippen LogP contribution in [-0.4, -0.2) is 29.1 Å². The number of pyridine rings is 1. The molecule has 1 aliphatic carbocycles. The van der Waals surface area contributed by atoms with Crippen LogP contribution in [0.15, 0.2) is 182 Å². The van der Waals surface area contributed by atoms with E-state index in [0.717, 1.165) is 55.2 Å². The summed E-state index contributed by atoms with van der Waals surface area (Å²) in [4.78, 5) is 20.9. The molecule has 0 amide bonds. The molecule has 0 fully saturated rings. The number of rotatable bonds is 5. The van der Waals surface area contributed by atoms with Crippen molar-refractivity contribution >= 4 is 43.7 Å². The van der Waals surface area contributed by atoms with E-state index in [1.807, 2.05) is 30.5 Å². The minimum absolute atomic E-state index is 0.171. The van der Waals surface area contributed by atoms with E-state index in [4.69, 9.17) is 19.9 Å². The topological polar surface area (TPSA) is 61.4 Å². The van der Waals surface area contributed by atoms with Gasteiger partial charge in [0.05, 0.1) is 22.2 Å². The highest BCUT2D eigenvalue weighted by molar-refractivity contribution is 6.16. The molecule has 7 aromatic carbocycles. The number of hydrogen-bond donors (Lipinski definition) is 0. The summed E-state index contributed by atoms with van der Waals surface area (Å²) >= 11 is 0. The first-order valence-electron chi connectivity index (χ1n) is 20.1. The summed E-state index contributed by atoms with van der Waals surface area (Å²) in [5.41, 5.74) is 14.3. The van der Waals surface area contributed by atoms with Crippen molar-refractivity contribution < 1.29 is 0 Å². The number of aromatic nitrogens is 6. The van der Waals surface area contributed by atoms with Crippen LogP contribution in [0.25, 0.3) is 100 Å². The van der Waals surface area contributed by atoms with E-state index < -0.39 is 0 Å². The van der Waals surface area contributed by atoms with E-state index in [1.54, 1.807) is 0 Å². The highest BCUT2D eigenvalue weighted by Gasteiger charge is 2.37. The molecule has 6 nitrogen and oxygen atoms in total. The summed E-state index contributed by atoms with van der Waals surface area (Å²) in [5.74, 6) is 1.73. The molecule has 0 saturated carbocycles. The lowest BCUT2D eigenvalue weighted by molar-refractivity contribution is 0.662. The van der Waals surface area contributed by atoms with Crippen LogP contribution in [0.4, 0.5) is 0 Å². The summed E-state index contributed by atoms with van der Waals surface area (Å²) in [6.07, 6.45) is 1.86. The van der Waals surface area contributed by atoms with Gasteiger partial charge >= 0.3 is 0 Å². The molecule has 11 aromatic rings.